The first-order chi connectivity index (χ1) is 32.8. The fraction of sp³-hybridized carbons (Fsp3) is 0.965. The molecule has 0 radical (unpaired) electrons. The van der Waals surface area contributed by atoms with Gasteiger partial charge in [-0.25, -0.2) is 4.57 Å². The van der Waals surface area contributed by atoms with Crippen LogP contribution in [0.4, 0.5) is 0 Å². The van der Waals surface area contributed by atoms with Crippen molar-refractivity contribution in [2.24, 2.45) is 5.73 Å². The fourth-order valence-electron chi connectivity index (χ4n) is 9.11. The lowest BCUT2D eigenvalue weighted by molar-refractivity contribution is -0.161. The molecular weight excluding hydrogens is 858 g/mol. The summed E-state index contributed by atoms with van der Waals surface area (Å²) in [4.78, 5) is 35.1. The van der Waals surface area contributed by atoms with Crippen LogP contribution in [0.25, 0.3) is 0 Å². The Labute approximate surface area is 416 Å². The van der Waals surface area contributed by atoms with Gasteiger partial charge in [-0.05, 0) is 12.8 Å². The molecule has 0 heterocycles. The van der Waals surface area contributed by atoms with E-state index in [9.17, 15) is 19.0 Å². The molecule has 2 unspecified atom stereocenters. The number of carbonyl (C=O) groups is 2. The van der Waals surface area contributed by atoms with Crippen molar-refractivity contribution in [1.82, 2.24) is 0 Å². The Kier molecular flexibility index (Phi) is 53.5. The quantitative estimate of drug-likeness (QED) is 0.0347. The molecule has 0 saturated heterocycles. The van der Waals surface area contributed by atoms with Gasteiger partial charge in [-0.15, -0.1) is 0 Å². The molecule has 400 valence electrons. The lowest BCUT2D eigenvalue weighted by Crippen LogP contribution is -2.29. The van der Waals surface area contributed by atoms with Gasteiger partial charge < -0.3 is 20.1 Å². The van der Waals surface area contributed by atoms with Gasteiger partial charge in [-0.3, -0.25) is 18.6 Å². The number of hydrogen-bond acceptors (Lipinski definition) is 8. The van der Waals surface area contributed by atoms with Crippen LogP contribution in [0.15, 0.2) is 0 Å². The molecule has 0 amide bonds. The van der Waals surface area contributed by atoms with Crippen LogP contribution >= 0.6 is 7.82 Å². The first kappa shape index (κ1) is 66.0. The van der Waals surface area contributed by atoms with E-state index in [2.05, 4.69) is 13.8 Å². The molecule has 0 aliphatic rings. The van der Waals surface area contributed by atoms with Crippen LogP contribution in [0.1, 0.15) is 322 Å². The van der Waals surface area contributed by atoms with Crippen molar-refractivity contribution in [2.75, 3.05) is 26.4 Å². The summed E-state index contributed by atoms with van der Waals surface area (Å²) in [5.74, 6) is -0.805. The van der Waals surface area contributed by atoms with E-state index in [1.54, 1.807) is 0 Å². The summed E-state index contributed by atoms with van der Waals surface area (Å²) in [5.41, 5.74) is 5.38. The number of esters is 2. The van der Waals surface area contributed by atoms with E-state index in [0.717, 1.165) is 32.1 Å². The molecule has 9 nitrogen and oxygen atoms in total. The summed E-state index contributed by atoms with van der Waals surface area (Å²) in [7, 11) is -4.38. The second kappa shape index (κ2) is 54.3. The van der Waals surface area contributed by atoms with Crippen molar-refractivity contribution in [3.63, 3.8) is 0 Å². The number of phosphoric ester groups is 1. The Bertz CT molecular complexity index is 1060. The highest BCUT2D eigenvalue weighted by Crippen LogP contribution is 2.43. The molecule has 3 N–H and O–H groups in total. The second-order valence-corrected chi connectivity index (χ2v) is 21.7. The van der Waals surface area contributed by atoms with E-state index >= 15 is 0 Å². The van der Waals surface area contributed by atoms with Crippen molar-refractivity contribution in [2.45, 2.75) is 328 Å². The Morgan fingerprint density at radius 3 is 0.910 bits per heavy atom. The van der Waals surface area contributed by atoms with E-state index in [-0.39, 0.29) is 38.6 Å². The molecule has 0 aromatic heterocycles. The summed E-state index contributed by atoms with van der Waals surface area (Å²) in [6.07, 6.45) is 60.4. The van der Waals surface area contributed by atoms with Crippen LogP contribution in [0.2, 0.25) is 0 Å². The molecule has 0 saturated carbocycles. The topological polar surface area (TPSA) is 134 Å². The Morgan fingerprint density at radius 1 is 0.388 bits per heavy atom. The zero-order valence-corrected chi connectivity index (χ0v) is 45.6. The molecule has 0 bridgehead atoms. The highest BCUT2D eigenvalue weighted by Gasteiger charge is 2.26. The van der Waals surface area contributed by atoms with E-state index in [4.69, 9.17) is 24.3 Å². The van der Waals surface area contributed by atoms with Crippen LogP contribution < -0.4 is 5.73 Å². The van der Waals surface area contributed by atoms with Gasteiger partial charge in [0.25, 0.3) is 0 Å². The number of nitrogens with two attached hydrogens (primary N) is 1. The second-order valence-electron chi connectivity index (χ2n) is 20.2. The number of unbranched alkanes of at least 4 members (excludes halogenated alkanes) is 44. The van der Waals surface area contributed by atoms with Gasteiger partial charge in [0.2, 0.25) is 0 Å². The third-order valence-corrected chi connectivity index (χ3v) is 14.5. The first-order valence-electron chi connectivity index (χ1n) is 29.5. The average Bonchev–Trinajstić information content (AvgIpc) is 3.32. The van der Waals surface area contributed by atoms with E-state index in [0.29, 0.717) is 6.42 Å². The van der Waals surface area contributed by atoms with Gasteiger partial charge >= 0.3 is 19.8 Å². The third kappa shape index (κ3) is 54.2. The highest BCUT2D eigenvalue weighted by atomic mass is 31.2. The normalized spacial score (nSPS) is 13.0. The van der Waals surface area contributed by atoms with Crippen LogP contribution in [0, 0.1) is 0 Å². The molecule has 0 aromatic rings. The molecule has 0 aliphatic carbocycles. The molecule has 67 heavy (non-hydrogen) atoms. The minimum Gasteiger partial charge on any atom is -0.462 e. The number of rotatable bonds is 57. The van der Waals surface area contributed by atoms with Gasteiger partial charge in [-0.1, -0.05) is 296 Å². The maximum absolute atomic E-state index is 12.7. The van der Waals surface area contributed by atoms with Crippen LogP contribution in [-0.4, -0.2) is 49.3 Å². The summed E-state index contributed by atoms with van der Waals surface area (Å²) in [6.45, 7) is 3.81. The number of ether oxygens (including phenoxy) is 2. The monoisotopic (exact) mass is 972 g/mol. The van der Waals surface area contributed by atoms with Crippen LogP contribution in [0.5, 0.6) is 0 Å². The highest BCUT2D eigenvalue weighted by molar-refractivity contribution is 7.47. The van der Waals surface area contributed by atoms with Crippen LogP contribution in [-0.2, 0) is 32.7 Å². The van der Waals surface area contributed by atoms with Gasteiger partial charge in [0.15, 0.2) is 6.10 Å². The molecule has 0 aliphatic heterocycles. The van der Waals surface area contributed by atoms with Crippen LogP contribution in [0.3, 0.4) is 0 Å². The molecule has 0 rings (SSSR count). The Morgan fingerprint density at radius 2 is 0.642 bits per heavy atom. The van der Waals surface area contributed by atoms with Gasteiger partial charge in [0, 0.05) is 19.4 Å². The predicted octanol–water partition coefficient (Wildman–Crippen LogP) is 18.3. The number of phosphoric acid groups is 1. The molecule has 2 atom stereocenters. The lowest BCUT2D eigenvalue weighted by Gasteiger charge is -2.19. The molecule has 10 heteroatoms. The molecular formula is C57H114NO8P. The van der Waals surface area contributed by atoms with Gasteiger partial charge in [-0.2, -0.15) is 0 Å². The SMILES string of the molecule is CCCCCCCCCCCCCCCCCCCCCCCCCCCCCCCCCCC(=O)OC(COC(=O)CCCCCCCCCCCCCCCC)COP(=O)(O)OCCN. The maximum Gasteiger partial charge on any atom is 0.472 e. The van der Waals surface area contributed by atoms with E-state index in [1.807, 2.05) is 0 Å². The third-order valence-electron chi connectivity index (χ3n) is 13.5. The smallest absolute Gasteiger partial charge is 0.462 e. The average molecular weight is 973 g/mol. The van der Waals surface area contributed by atoms with Crippen molar-refractivity contribution < 1.29 is 37.6 Å². The van der Waals surface area contributed by atoms with Crippen molar-refractivity contribution in [3.05, 3.63) is 0 Å². The van der Waals surface area contributed by atoms with Crippen molar-refractivity contribution >= 4 is 19.8 Å². The largest absolute Gasteiger partial charge is 0.472 e. The standard InChI is InChI=1S/C57H114NO8P/c1-3-5-7-9-11-13-15-17-19-20-21-22-23-24-25-26-27-28-29-30-31-32-33-34-35-36-38-40-42-44-46-48-50-57(60)66-55(54-65-67(61,62)64-52-51-58)53-63-56(59)49-47-45-43-41-39-37-18-16-14-12-10-8-6-4-2/h55H,3-54,58H2,1-2H3,(H,61,62). The van der Waals surface area contributed by atoms with Gasteiger partial charge in [0.05, 0.1) is 13.2 Å². The minimum atomic E-state index is -4.38. The predicted molar refractivity (Wildman–Crippen MR) is 285 cm³/mol. The summed E-state index contributed by atoms with van der Waals surface area (Å²) in [5, 5.41) is 0. The van der Waals surface area contributed by atoms with E-state index in [1.165, 1.54) is 257 Å². The maximum atomic E-state index is 12.7. The molecule has 0 fully saturated rings. The van der Waals surface area contributed by atoms with Gasteiger partial charge in [0.1, 0.15) is 6.61 Å². The zero-order chi connectivity index (χ0) is 48.8. The first-order valence-corrected chi connectivity index (χ1v) is 31.0. The Hall–Kier alpha value is -0.990. The zero-order valence-electron chi connectivity index (χ0n) is 44.7. The molecule has 0 spiro atoms. The Balaban J connectivity index is 3.79. The van der Waals surface area contributed by atoms with Crippen molar-refractivity contribution in [3.8, 4) is 0 Å². The fourth-order valence-corrected chi connectivity index (χ4v) is 9.88. The summed E-state index contributed by atoms with van der Waals surface area (Å²) >= 11 is 0. The van der Waals surface area contributed by atoms with E-state index < -0.39 is 26.5 Å². The van der Waals surface area contributed by atoms with Crippen molar-refractivity contribution in [1.29, 1.82) is 0 Å². The molecule has 0 aromatic carbocycles. The summed E-state index contributed by atoms with van der Waals surface area (Å²) in [6, 6.07) is 0. The lowest BCUT2D eigenvalue weighted by atomic mass is 10.0. The minimum absolute atomic E-state index is 0.0585. The number of carbonyl (C=O) groups excluding carboxylic acids is 2. The summed E-state index contributed by atoms with van der Waals surface area (Å²) < 4.78 is 33.0. The number of hydrogen-bond donors (Lipinski definition) is 2.